The van der Waals surface area contributed by atoms with Gasteiger partial charge in [-0.15, -0.1) is 0 Å². The molecule has 0 saturated carbocycles. The van der Waals surface area contributed by atoms with Crippen LogP contribution in [-0.4, -0.2) is 22.6 Å². The van der Waals surface area contributed by atoms with Gasteiger partial charge in [-0.3, -0.25) is 14.4 Å². The molecule has 1 aliphatic rings. The van der Waals surface area contributed by atoms with Gasteiger partial charge in [-0.05, 0) is 26.8 Å². The zero-order valence-electron chi connectivity index (χ0n) is 10.2. The molecule has 82 valence electrons. The van der Waals surface area contributed by atoms with E-state index >= 15 is 0 Å². The van der Waals surface area contributed by atoms with Gasteiger partial charge in [0.1, 0.15) is 0 Å². The van der Waals surface area contributed by atoms with Crippen molar-refractivity contribution < 1.29 is 20.9 Å². The van der Waals surface area contributed by atoms with Crippen LogP contribution in [0.1, 0.15) is 29.1 Å². The van der Waals surface area contributed by atoms with Crippen LogP contribution in [0.5, 0.6) is 0 Å². The first-order valence-electron chi connectivity index (χ1n) is 4.41. The molecular weight excluding hydrogens is 196 g/mol. The summed E-state index contributed by atoms with van der Waals surface area (Å²) in [4.78, 5) is 31.3. The molecule has 0 spiro atoms. The summed E-state index contributed by atoms with van der Waals surface area (Å²) in [6.07, 6.45) is 1.39. The van der Waals surface area contributed by atoms with Crippen LogP contribution >= 0.6 is 0 Å². The van der Waals surface area contributed by atoms with Gasteiger partial charge in [0.15, 0.2) is 11.6 Å². The number of carbonyl (C=O) groups excluding carboxylic acids is 2. The van der Waals surface area contributed by atoms with E-state index in [0.717, 1.165) is 6.92 Å². The Morgan fingerprint density at radius 2 is 1.60 bits per heavy atom. The number of allylic oxidation sites excluding steroid dienone is 4. The van der Waals surface area contributed by atoms with E-state index in [0.29, 0.717) is 16.7 Å². The second-order valence-corrected chi connectivity index (χ2v) is 3.29. The van der Waals surface area contributed by atoms with Crippen molar-refractivity contribution >= 4 is 17.5 Å². The van der Waals surface area contributed by atoms with E-state index in [1.54, 1.807) is 20.8 Å². The third-order valence-electron chi connectivity index (χ3n) is 1.98. The largest absolute Gasteiger partial charge is 1.00 e. The Balaban J connectivity index is 0. The van der Waals surface area contributed by atoms with Crippen molar-refractivity contribution in [1.29, 1.82) is 0 Å². The molecule has 15 heavy (non-hydrogen) atoms. The van der Waals surface area contributed by atoms with Crippen LogP contribution in [0.4, 0.5) is 0 Å². The first-order chi connectivity index (χ1) is 6.77. The number of aliphatic carboxylic acids is 1. The predicted molar refractivity (Wildman–Crippen MR) is 56.6 cm³/mol. The third-order valence-corrected chi connectivity index (χ3v) is 1.98. The number of rotatable bonds is 0. The molecule has 0 unspecified atom stereocenters. The topological polar surface area (TPSA) is 71.4 Å². The van der Waals surface area contributed by atoms with E-state index in [9.17, 15) is 9.59 Å². The molecule has 4 heteroatoms. The number of ketones is 2. The van der Waals surface area contributed by atoms with Crippen LogP contribution in [-0.2, 0) is 14.4 Å². The lowest BCUT2D eigenvalue weighted by Gasteiger charge is -2.09. The summed E-state index contributed by atoms with van der Waals surface area (Å²) >= 11 is 0. The molecule has 0 radical (unpaired) electrons. The lowest BCUT2D eigenvalue weighted by molar-refractivity contribution is -0.134. The van der Waals surface area contributed by atoms with Crippen molar-refractivity contribution in [3.8, 4) is 0 Å². The average Bonchev–Trinajstić information content (AvgIpc) is 2.11. The summed E-state index contributed by atoms with van der Waals surface area (Å²) in [6.45, 7) is 6.11. The number of carboxylic acids is 1. The van der Waals surface area contributed by atoms with E-state index < -0.39 is 5.97 Å². The van der Waals surface area contributed by atoms with Crippen LogP contribution in [0.25, 0.3) is 0 Å². The molecule has 0 atom stereocenters. The van der Waals surface area contributed by atoms with E-state index in [1.807, 2.05) is 0 Å². The summed E-state index contributed by atoms with van der Waals surface area (Å²) in [7, 11) is 0. The monoisotopic (exact) mass is 211 g/mol. The van der Waals surface area contributed by atoms with Crippen LogP contribution < -0.4 is 0 Å². The summed E-state index contributed by atoms with van der Waals surface area (Å²) in [5.41, 5.74) is 1.69. The summed E-state index contributed by atoms with van der Waals surface area (Å²) in [6, 6.07) is 0. The molecule has 1 aliphatic carbocycles. The first kappa shape index (κ1) is 13.3. The van der Waals surface area contributed by atoms with Gasteiger partial charge in [-0.2, -0.15) is 0 Å². The van der Waals surface area contributed by atoms with Crippen molar-refractivity contribution in [2.24, 2.45) is 0 Å². The standard InChI is InChI=1S/C9H10O2.C2H4O2/c1-5-4-8(10)6(2)7(3)9(5)11;1-2(3)4/h4H,1-3H3;1H3,(H,3,4)/p+1. The quantitative estimate of drug-likeness (QED) is 0.618. The Morgan fingerprint density at radius 1 is 1.20 bits per heavy atom. The number of carboxylic acid groups (broad SMARTS) is 1. The summed E-state index contributed by atoms with van der Waals surface area (Å²) < 4.78 is 0. The fraction of sp³-hybridized carbons (Fsp3) is 0.364. The minimum Gasteiger partial charge on any atom is -0.481 e. The molecule has 0 saturated heterocycles. The van der Waals surface area contributed by atoms with Gasteiger partial charge in [0.2, 0.25) is 0 Å². The van der Waals surface area contributed by atoms with Crippen LogP contribution in [0.15, 0.2) is 22.8 Å². The molecule has 0 bridgehead atoms. The van der Waals surface area contributed by atoms with Gasteiger partial charge in [-0.1, -0.05) is 0 Å². The molecule has 0 aromatic rings. The molecule has 4 nitrogen and oxygen atoms in total. The minimum absolute atomic E-state index is 0. The molecule has 0 aromatic carbocycles. The highest BCUT2D eigenvalue weighted by Crippen LogP contribution is 2.17. The second-order valence-electron chi connectivity index (χ2n) is 3.29. The number of carbonyl (C=O) groups is 3. The predicted octanol–water partition coefficient (Wildman–Crippen LogP) is 1.62. The summed E-state index contributed by atoms with van der Waals surface area (Å²) in [5.74, 6) is -0.887. The SMILES string of the molecule is CC(=O)O.CC1=CC(=O)C(C)=C(C)C1=O.[H+]. The van der Waals surface area contributed by atoms with Crippen molar-refractivity contribution in [2.75, 3.05) is 0 Å². The fourth-order valence-electron chi connectivity index (χ4n) is 1.02. The van der Waals surface area contributed by atoms with Gasteiger partial charge in [-0.25, -0.2) is 0 Å². The zero-order chi connectivity index (χ0) is 12.2. The van der Waals surface area contributed by atoms with E-state index in [-0.39, 0.29) is 13.0 Å². The fourth-order valence-corrected chi connectivity index (χ4v) is 1.02. The molecule has 0 heterocycles. The maximum Gasteiger partial charge on any atom is 1.00 e. The van der Waals surface area contributed by atoms with Crippen LogP contribution in [0.3, 0.4) is 0 Å². The minimum atomic E-state index is -0.833. The van der Waals surface area contributed by atoms with Crippen LogP contribution in [0.2, 0.25) is 0 Å². The zero-order valence-corrected chi connectivity index (χ0v) is 9.25. The van der Waals surface area contributed by atoms with Gasteiger partial charge >= 0.3 is 1.43 Å². The number of hydrogen-bond acceptors (Lipinski definition) is 3. The Kier molecular flexibility index (Phi) is 4.64. The summed E-state index contributed by atoms with van der Waals surface area (Å²) in [5, 5.41) is 7.42. The van der Waals surface area contributed by atoms with Gasteiger partial charge < -0.3 is 5.11 Å². The number of Topliss-reactive ketones (excluding diaryl/α,β-unsaturated/α-hetero) is 1. The lowest BCUT2D eigenvalue weighted by atomic mass is 9.92. The van der Waals surface area contributed by atoms with Gasteiger partial charge in [0.05, 0.1) is 0 Å². The molecule has 0 aromatic heterocycles. The average molecular weight is 211 g/mol. The maximum atomic E-state index is 11.2. The highest BCUT2D eigenvalue weighted by atomic mass is 16.4. The molecule has 1 N–H and O–H groups in total. The van der Waals surface area contributed by atoms with Crippen molar-refractivity contribution in [1.82, 2.24) is 0 Å². The Hall–Kier alpha value is -1.71. The molecule has 0 fully saturated rings. The molecule has 0 amide bonds. The lowest BCUT2D eigenvalue weighted by Crippen LogP contribution is -2.14. The highest BCUT2D eigenvalue weighted by Gasteiger charge is 2.19. The van der Waals surface area contributed by atoms with E-state index in [4.69, 9.17) is 9.90 Å². The van der Waals surface area contributed by atoms with E-state index in [1.165, 1.54) is 6.08 Å². The Bertz CT molecular complexity index is 373. The second kappa shape index (κ2) is 5.24. The number of hydrogen-bond donors (Lipinski definition) is 1. The third kappa shape index (κ3) is 3.89. The smallest absolute Gasteiger partial charge is 0.481 e. The van der Waals surface area contributed by atoms with Crippen molar-refractivity contribution in [2.45, 2.75) is 27.7 Å². The van der Waals surface area contributed by atoms with Crippen molar-refractivity contribution in [3.05, 3.63) is 22.8 Å². The maximum absolute atomic E-state index is 11.2. The Morgan fingerprint density at radius 3 is 2.00 bits per heavy atom. The van der Waals surface area contributed by atoms with Gasteiger partial charge in [0.25, 0.3) is 5.97 Å². The van der Waals surface area contributed by atoms with E-state index in [2.05, 4.69) is 0 Å². The Labute approximate surface area is 89.8 Å². The van der Waals surface area contributed by atoms with Gasteiger partial charge in [0, 0.05) is 23.6 Å². The highest BCUT2D eigenvalue weighted by molar-refractivity contribution is 6.21. The van der Waals surface area contributed by atoms with Crippen molar-refractivity contribution in [3.63, 3.8) is 0 Å². The molecular formula is C11H15O4+. The normalized spacial score (nSPS) is 15.6. The van der Waals surface area contributed by atoms with Crippen LogP contribution in [0, 0.1) is 0 Å². The first-order valence-corrected chi connectivity index (χ1v) is 4.41. The molecule has 0 aliphatic heterocycles. The molecule has 1 rings (SSSR count).